The number of carbonyl (C=O) groups excluding carboxylic acids is 2. The van der Waals surface area contributed by atoms with Crippen LogP contribution >= 0.6 is 11.6 Å². The molecule has 256 valence electrons. The average molecular weight is 699 g/mol. The Bertz CT molecular complexity index is 1820. The second kappa shape index (κ2) is 13.2. The molecule has 0 aliphatic carbocycles. The van der Waals surface area contributed by atoms with Gasteiger partial charge in [0.25, 0.3) is 15.9 Å². The van der Waals surface area contributed by atoms with Crippen LogP contribution in [0.5, 0.6) is 11.5 Å². The van der Waals surface area contributed by atoms with Gasteiger partial charge in [0, 0.05) is 50.3 Å². The average Bonchev–Trinajstić information content (AvgIpc) is 3.77. The number of fused-ring (bicyclic) bond motifs is 1. The lowest BCUT2D eigenvalue weighted by atomic mass is 9.81. The number of aliphatic hydroxyl groups is 1. The molecule has 2 saturated heterocycles. The Morgan fingerprint density at radius 2 is 1.73 bits per heavy atom. The number of halogens is 1. The van der Waals surface area contributed by atoms with Crippen LogP contribution in [0, 0.1) is 0 Å². The van der Waals surface area contributed by atoms with E-state index in [0.29, 0.717) is 11.3 Å². The predicted octanol–water partition coefficient (Wildman–Crippen LogP) is 4.02. The second-order valence-corrected chi connectivity index (χ2v) is 14.6. The first kappa shape index (κ1) is 34.0. The first-order chi connectivity index (χ1) is 22.9. The number of anilines is 1. The molecule has 12 nitrogen and oxygen atoms in total. The van der Waals surface area contributed by atoms with Crippen LogP contribution in [0.4, 0.5) is 10.5 Å². The molecule has 0 saturated carbocycles. The van der Waals surface area contributed by atoms with Gasteiger partial charge in [-0.05, 0) is 67.4 Å². The maximum absolute atomic E-state index is 15.3. The number of benzene rings is 3. The molecule has 48 heavy (non-hydrogen) atoms. The number of ether oxygens (including phenoxy) is 3. The Morgan fingerprint density at radius 1 is 1.02 bits per heavy atom. The van der Waals surface area contributed by atoms with Gasteiger partial charge < -0.3 is 24.2 Å². The van der Waals surface area contributed by atoms with Crippen molar-refractivity contribution in [3.8, 4) is 11.5 Å². The van der Waals surface area contributed by atoms with Crippen molar-refractivity contribution in [2.45, 2.75) is 48.6 Å². The molecule has 3 aliphatic heterocycles. The van der Waals surface area contributed by atoms with Crippen LogP contribution in [0.1, 0.15) is 36.0 Å². The Morgan fingerprint density at radius 3 is 2.38 bits per heavy atom. The third-order valence-corrected chi connectivity index (χ3v) is 11.2. The summed E-state index contributed by atoms with van der Waals surface area (Å²) in [5, 5.41) is 11.3. The molecule has 6 rings (SSSR count). The fourth-order valence-electron chi connectivity index (χ4n) is 6.91. The number of nitrogens with zero attached hydrogens (tertiary/aromatic N) is 4. The summed E-state index contributed by atoms with van der Waals surface area (Å²) in [7, 11) is 1.20. The van der Waals surface area contributed by atoms with Gasteiger partial charge >= 0.3 is 6.09 Å². The normalized spacial score (nSPS) is 23.0. The zero-order chi connectivity index (χ0) is 34.4. The predicted molar refractivity (Wildman–Crippen MR) is 179 cm³/mol. The number of amides is 2. The summed E-state index contributed by atoms with van der Waals surface area (Å²) in [4.78, 5) is 33.1. The third kappa shape index (κ3) is 5.77. The molecule has 2 amide bonds. The van der Waals surface area contributed by atoms with E-state index < -0.39 is 39.9 Å². The largest absolute Gasteiger partial charge is 0.497 e. The molecule has 3 atom stereocenters. The van der Waals surface area contributed by atoms with E-state index in [4.69, 9.17) is 25.8 Å². The van der Waals surface area contributed by atoms with Crippen molar-refractivity contribution in [2.75, 3.05) is 52.3 Å². The summed E-state index contributed by atoms with van der Waals surface area (Å²) < 4.78 is 46.6. The zero-order valence-corrected chi connectivity index (χ0v) is 28.8. The quantitative estimate of drug-likeness (QED) is 0.350. The fourth-order valence-corrected chi connectivity index (χ4v) is 8.68. The summed E-state index contributed by atoms with van der Waals surface area (Å²) in [5.41, 5.74) is -0.0723. The van der Waals surface area contributed by atoms with E-state index in [1.807, 2.05) is 12.1 Å². The molecule has 1 N–H and O–H groups in total. The van der Waals surface area contributed by atoms with E-state index in [0.717, 1.165) is 42.3 Å². The van der Waals surface area contributed by atoms with Crippen molar-refractivity contribution >= 4 is 39.3 Å². The molecule has 3 aromatic carbocycles. The van der Waals surface area contributed by atoms with E-state index >= 15 is 4.79 Å². The number of hydrogen-bond acceptors (Lipinski definition) is 10. The Balaban J connectivity index is 1.56. The molecule has 3 heterocycles. The zero-order valence-electron chi connectivity index (χ0n) is 27.3. The summed E-state index contributed by atoms with van der Waals surface area (Å²) in [5.74, 6) is -0.494. The lowest BCUT2D eigenvalue weighted by Crippen LogP contribution is -2.57. The highest BCUT2D eigenvalue weighted by atomic mass is 35.5. The van der Waals surface area contributed by atoms with Crippen molar-refractivity contribution in [3.63, 3.8) is 0 Å². The topological polar surface area (TPSA) is 129 Å². The van der Waals surface area contributed by atoms with Crippen LogP contribution in [0.25, 0.3) is 0 Å². The number of methoxy groups -OCH3 is 2. The van der Waals surface area contributed by atoms with Crippen molar-refractivity contribution in [1.29, 1.82) is 0 Å². The number of carbonyl (C=O) groups is 2. The minimum Gasteiger partial charge on any atom is -0.497 e. The number of likely N-dealkylation sites (tertiary alicyclic amines) is 2. The van der Waals surface area contributed by atoms with Crippen molar-refractivity contribution in [3.05, 3.63) is 82.4 Å². The Kier molecular flexibility index (Phi) is 9.35. The van der Waals surface area contributed by atoms with Gasteiger partial charge in [-0.25, -0.2) is 22.4 Å². The summed E-state index contributed by atoms with van der Waals surface area (Å²) in [6.07, 6.45) is -0.482. The maximum atomic E-state index is 15.3. The highest BCUT2D eigenvalue weighted by molar-refractivity contribution is 7.93. The van der Waals surface area contributed by atoms with Gasteiger partial charge in [0.1, 0.15) is 16.4 Å². The summed E-state index contributed by atoms with van der Waals surface area (Å²) >= 11 is 6.59. The number of sulfonamides is 1. The van der Waals surface area contributed by atoms with Gasteiger partial charge in [0.2, 0.25) is 0 Å². The van der Waals surface area contributed by atoms with E-state index in [9.17, 15) is 18.3 Å². The smallest absolute Gasteiger partial charge is 0.410 e. The van der Waals surface area contributed by atoms with Gasteiger partial charge in [-0.1, -0.05) is 35.9 Å². The Hall–Kier alpha value is -3.88. The standard InChI is InChI=1S/C34H39ClN4O8S/c1-36(2)33(42)47-31-18-25(40)21-38(31)34(23-9-7-22(8-10-23)20-37-15-5-6-16-37)27-17-24(35)11-13-28(27)39(32(34)41)48(43,44)30-14-12-26(45-3)19-29(30)46-4/h7-14,17,19,25,31,40H,5-6,15-16,18,20-21H2,1-4H3/t25-,31+,34?/m1/s1. The number of aliphatic hydroxyl groups excluding tert-OH is 1. The minimum atomic E-state index is -4.63. The molecule has 0 spiro atoms. The van der Waals surface area contributed by atoms with E-state index in [1.165, 1.54) is 63.5 Å². The van der Waals surface area contributed by atoms with Crippen LogP contribution in [0.3, 0.4) is 0 Å². The van der Waals surface area contributed by atoms with Crippen LogP contribution in [-0.4, -0.2) is 101 Å². The van der Waals surface area contributed by atoms with E-state index in [1.54, 1.807) is 23.1 Å². The van der Waals surface area contributed by atoms with Crippen molar-refractivity contribution < 1.29 is 37.3 Å². The molecule has 0 radical (unpaired) electrons. The van der Waals surface area contributed by atoms with E-state index in [-0.39, 0.29) is 39.9 Å². The highest BCUT2D eigenvalue weighted by Crippen LogP contribution is 2.53. The van der Waals surface area contributed by atoms with Gasteiger partial charge in [-0.15, -0.1) is 0 Å². The summed E-state index contributed by atoms with van der Waals surface area (Å²) in [6.45, 7) is 2.63. The molecule has 14 heteroatoms. The lowest BCUT2D eigenvalue weighted by molar-refractivity contribution is -0.132. The van der Waals surface area contributed by atoms with Gasteiger partial charge in [0.05, 0.1) is 26.0 Å². The Labute approximate surface area is 285 Å². The molecule has 0 bridgehead atoms. The fraction of sp³-hybridized carbons (Fsp3) is 0.412. The number of rotatable bonds is 9. The highest BCUT2D eigenvalue weighted by Gasteiger charge is 2.63. The lowest BCUT2D eigenvalue weighted by Gasteiger charge is -2.41. The first-order valence-electron chi connectivity index (χ1n) is 15.7. The molecule has 3 aliphatic rings. The van der Waals surface area contributed by atoms with E-state index in [2.05, 4.69) is 4.90 Å². The molecule has 1 unspecified atom stereocenters. The van der Waals surface area contributed by atoms with Gasteiger partial charge in [-0.3, -0.25) is 9.69 Å². The van der Waals surface area contributed by atoms with Gasteiger partial charge in [0.15, 0.2) is 11.8 Å². The maximum Gasteiger partial charge on any atom is 0.410 e. The van der Waals surface area contributed by atoms with Crippen LogP contribution < -0.4 is 13.8 Å². The summed E-state index contributed by atoms with van der Waals surface area (Å²) in [6, 6.07) is 16.2. The number of hydrogen-bond donors (Lipinski definition) is 1. The van der Waals surface area contributed by atoms with Crippen LogP contribution in [0.2, 0.25) is 5.02 Å². The number of β-amino-alcohol motifs (C(OH)–C–C–N with tert-alkyl or cyclic N) is 1. The van der Waals surface area contributed by atoms with Crippen LogP contribution in [0.15, 0.2) is 65.6 Å². The second-order valence-electron chi connectivity index (χ2n) is 12.4. The third-order valence-electron chi connectivity index (χ3n) is 9.19. The molecular weight excluding hydrogens is 660 g/mol. The molecule has 2 fully saturated rings. The van der Waals surface area contributed by atoms with Gasteiger partial charge in [-0.2, -0.15) is 0 Å². The SMILES string of the molecule is COc1ccc(S(=O)(=O)N2C(=O)C(c3ccc(CN4CCCC4)cc3)(N3C[C@H](O)C[C@@H]3OC(=O)N(C)C)c3cc(Cl)ccc32)c(OC)c1. The molecular formula is C34H39ClN4O8S. The molecule has 0 aromatic heterocycles. The van der Waals surface area contributed by atoms with Crippen molar-refractivity contribution in [2.24, 2.45) is 0 Å². The monoisotopic (exact) mass is 698 g/mol. The van der Waals surface area contributed by atoms with Crippen LogP contribution in [-0.2, 0) is 31.6 Å². The first-order valence-corrected chi connectivity index (χ1v) is 17.5. The van der Waals surface area contributed by atoms with Crippen molar-refractivity contribution in [1.82, 2.24) is 14.7 Å². The molecule has 3 aromatic rings. The minimum absolute atomic E-state index is 0.00337.